The first-order valence-electron chi connectivity index (χ1n) is 7.57. The molecule has 0 spiro atoms. The molecule has 1 heterocycles. The van der Waals surface area contributed by atoms with E-state index in [2.05, 4.69) is 17.5 Å². The Morgan fingerprint density at radius 3 is 2.85 bits per heavy atom. The van der Waals surface area contributed by atoms with Crippen molar-refractivity contribution in [3.05, 3.63) is 12.2 Å². The Bertz CT molecular complexity index is 381. The number of allylic oxidation sites excluding steroid dienone is 1. The number of carbonyl (C=O) groups excluding carboxylic acids is 1. The number of nitrogens with one attached hydrogen (secondary N) is 1. The molecule has 2 aliphatic rings. The Labute approximate surface area is 120 Å². The summed E-state index contributed by atoms with van der Waals surface area (Å²) in [7, 11) is 0. The number of hydrogen-bond acceptors (Lipinski definition) is 2. The van der Waals surface area contributed by atoms with Crippen molar-refractivity contribution in [1.82, 2.24) is 10.2 Å². The predicted molar refractivity (Wildman–Crippen MR) is 76.5 cm³/mol. The lowest BCUT2D eigenvalue weighted by molar-refractivity contribution is -0.137. The molecule has 1 saturated heterocycles. The van der Waals surface area contributed by atoms with E-state index >= 15 is 0 Å². The zero-order valence-corrected chi connectivity index (χ0v) is 11.9. The number of carbonyl (C=O) groups is 2. The Morgan fingerprint density at radius 2 is 2.15 bits per heavy atom. The van der Waals surface area contributed by atoms with E-state index in [4.69, 9.17) is 5.11 Å². The molecule has 0 bridgehead atoms. The Balaban J connectivity index is 1.77. The SMILES string of the molecule is O=C(O)CCC1CCCN(C(=O)NC2CC=CCC2)C1. The number of rotatable bonds is 4. The first-order valence-corrected chi connectivity index (χ1v) is 7.57. The molecule has 0 saturated carbocycles. The van der Waals surface area contributed by atoms with E-state index in [0.29, 0.717) is 18.9 Å². The van der Waals surface area contributed by atoms with Crippen LogP contribution in [0.3, 0.4) is 0 Å². The number of piperidine rings is 1. The number of carboxylic acid groups (broad SMARTS) is 1. The smallest absolute Gasteiger partial charge is 0.317 e. The van der Waals surface area contributed by atoms with E-state index in [1.165, 1.54) is 0 Å². The maximum Gasteiger partial charge on any atom is 0.317 e. The van der Waals surface area contributed by atoms with E-state index in [1.54, 1.807) is 0 Å². The second-order valence-electron chi connectivity index (χ2n) is 5.82. The highest BCUT2D eigenvalue weighted by Crippen LogP contribution is 2.21. The van der Waals surface area contributed by atoms with Gasteiger partial charge >= 0.3 is 12.0 Å². The van der Waals surface area contributed by atoms with Gasteiger partial charge in [0.25, 0.3) is 0 Å². The fourth-order valence-corrected chi connectivity index (χ4v) is 3.00. The predicted octanol–water partition coefficient (Wildman–Crippen LogP) is 2.38. The molecule has 2 unspecified atom stereocenters. The maximum absolute atomic E-state index is 12.2. The average molecular weight is 280 g/mol. The molecule has 0 aromatic rings. The van der Waals surface area contributed by atoms with Crippen LogP contribution in [0.4, 0.5) is 4.79 Å². The number of likely N-dealkylation sites (tertiary alicyclic amines) is 1. The minimum absolute atomic E-state index is 0.0188. The number of urea groups is 1. The molecule has 2 atom stereocenters. The molecule has 2 rings (SSSR count). The van der Waals surface area contributed by atoms with Crippen molar-refractivity contribution in [2.45, 2.75) is 51.0 Å². The van der Waals surface area contributed by atoms with Gasteiger partial charge in [0, 0.05) is 25.6 Å². The molecule has 1 aliphatic carbocycles. The molecule has 1 fully saturated rings. The van der Waals surface area contributed by atoms with Crippen molar-refractivity contribution in [3.63, 3.8) is 0 Å². The summed E-state index contributed by atoms with van der Waals surface area (Å²) < 4.78 is 0. The number of carboxylic acids is 1. The topological polar surface area (TPSA) is 69.6 Å². The fourth-order valence-electron chi connectivity index (χ4n) is 3.00. The molecule has 5 nitrogen and oxygen atoms in total. The summed E-state index contributed by atoms with van der Waals surface area (Å²) in [5.41, 5.74) is 0. The lowest BCUT2D eigenvalue weighted by Crippen LogP contribution is -2.48. The van der Waals surface area contributed by atoms with Crippen LogP contribution in [-0.4, -0.2) is 41.1 Å². The summed E-state index contributed by atoms with van der Waals surface area (Å²) >= 11 is 0. The minimum Gasteiger partial charge on any atom is -0.481 e. The third kappa shape index (κ3) is 4.54. The van der Waals surface area contributed by atoms with Crippen molar-refractivity contribution in [1.29, 1.82) is 0 Å². The highest BCUT2D eigenvalue weighted by atomic mass is 16.4. The Kier molecular flexibility index (Phi) is 5.44. The van der Waals surface area contributed by atoms with E-state index in [1.807, 2.05) is 4.90 Å². The Hall–Kier alpha value is -1.52. The standard InChI is InChI=1S/C15H24N2O3/c18-14(19)9-8-12-5-4-10-17(11-12)15(20)16-13-6-2-1-3-7-13/h1-2,12-13H,3-11H2,(H,16,20)(H,18,19). The normalized spacial score (nSPS) is 26.3. The van der Waals surface area contributed by atoms with Gasteiger partial charge < -0.3 is 15.3 Å². The van der Waals surface area contributed by atoms with Gasteiger partial charge in [-0.3, -0.25) is 4.79 Å². The van der Waals surface area contributed by atoms with Crippen LogP contribution in [0.1, 0.15) is 44.9 Å². The zero-order chi connectivity index (χ0) is 14.4. The van der Waals surface area contributed by atoms with Crippen LogP contribution in [0.5, 0.6) is 0 Å². The molecule has 0 aromatic heterocycles. The molecule has 0 radical (unpaired) electrons. The number of aliphatic carboxylic acids is 1. The maximum atomic E-state index is 12.2. The van der Waals surface area contributed by atoms with E-state index in [9.17, 15) is 9.59 Å². The zero-order valence-electron chi connectivity index (χ0n) is 11.9. The van der Waals surface area contributed by atoms with Crippen molar-refractivity contribution in [3.8, 4) is 0 Å². The summed E-state index contributed by atoms with van der Waals surface area (Å²) in [5, 5.41) is 11.8. The van der Waals surface area contributed by atoms with Crippen LogP contribution in [0.25, 0.3) is 0 Å². The second kappa shape index (κ2) is 7.31. The number of hydrogen-bond donors (Lipinski definition) is 2. The van der Waals surface area contributed by atoms with Gasteiger partial charge in [-0.1, -0.05) is 12.2 Å². The molecule has 112 valence electrons. The van der Waals surface area contributed by atoms with Gasteiger partial charge in [-0.15, -0.1) is 0 Å². The number of nitrogens with zero attached hydrogens (tertiary/aromatic N) is 1. The van der Waals surface area contributed by atoms with Crippen molar-refractivity contribution in [2.75, 3.05) is 13.1 Å². The lowest BCUT2D eigenvalue weighted by atomic mass is 9.93. The molecule has 0 aromatic carbocycles. The van der Waals surface area contributed by atoms with Gasteiger partial charge in [0.2, 0.25) is 0 Å². The summed E-state index contributed by atoms with van der Waals surface area (Å²) in [6.07, 6.45) is 10.1. The summed E-state index contributed by atoms with van der Waals surface area (Å²) in [6.45, 7) is 1.49. The quantitative estimate of drug-likeness (QED) is 0.777. The van der Waals surface area contributed by atoms with Gasteiger partial charge in [-0.05, 0) is 44.4 Å². The van der Waals surface area contributed by atoms with Gasteiger partial charge in [-0.25, -0.2) is 4.79 Å². The average Bonchev–Trinajstić information content (AvgIpc) is 2.46. The van der Waals surface area contributed by atoms with Gasteiger partial charge in [0.05, 0.1) is 0 Å². The molecule has 1 aliphatic heterocycles. The molecule has 2 N–H and O–H groups in total. The third-order valence-corrected chi connectivity index (χ3v) is 4.17. The monoisotopic (exact) mass is 280 g/mol. The van der Waals surface area contributed by atoms with Crippen LogP contribution in [0, 0.1) is 5.92 Å². The molecule has 20 heavy (non-hydrogen) atoms. The lowest BCUT2D eigenvalue weighted by Gasteiger charge is -2.34. The van der Waals surface area contributed by atoms with Crippen LogP contribution in [0.15, 0.2) is 12.2 Å². The molecule has 2 amide bonds. The summed E-state index contributed by atoms with van der Waals surface area (Å²) in [5.74, 6) is -0.419. The largest absolute Gasteiger partial charge is 0.481 e. The van der Waals surface area contributed by atoms with Crippen LogP contribution >= 0.6 is 0 Å². The van der Waals surface area contributed by atoms with E-state index in [-0.39, 0.29) is 18.5 Å². The van der Waals surface area contributed by atoms with Crippen molar-refractivity contribution in [2.24, 2.45) is 5.92 Å². The molecular weight excluding hydrogens is 256 g/mol. The van der Waals surface area contributed by atoms with Crippen LogP contribution < -0.4 is 5.32 Å². The van der Waals surface area contributed by atoms with E-state index in [0.717, 1.165) is 38.6 Å². The van der Waals surface area contributed by atoms with Gasteiger partial charge in [0.15, 0.2) is 0 Å². The first-order chi connectivity index (χ1) is 9.65. The first kappa shape index (κ1) is 14.9. The fraction of sp³-hybridized carbons (Fsp3) is 0.733. The molecular formula is C15H24N2O3. The summed E-state index contributed by atoms with van der Waals surface area (Å²) in [6, 6.07) is 0.275. The Morgan fingerprint density at radius 1 is 1.30 bits per heavy atom. The van der Waals surface area contributed by atoms with Crippen LogP contribution in [0.2, 0.25) is 0 Å². The molecule has 5 heteroatoms. The second-order valence-corrected chi connectivity index (χ2v) is 5.82. The number of amides is 2. The van der Waals surface area contributed by atoms with Crippen LogP contribution in [-0.2, 0) is 4.79 Å². The van der Waals surface area contributed by atoms with E-state index < -0.39 is 5.97 Å². The summed E-state index contributed by atoms with van der Waals surface area (Å²) in [4.78, 5) is 24.7. The van der Waals surface area contributed by atoms with Crippen molar-refractivity contribution >= 4 is 12.0 Å². The van der Waals surface area contributed by atoms with Gasteiger partial charge in [0.1, 0.15) is 0 Å². The third-order valence-electron chi connectivity index (χ3n) is 4.17. The minimum atomic E-state index is -0.749. The van der Waals surface area contributed by atoms with Gasteiger partial charge in [-0.2, -0.15) is 0 Å². The van der Waals surface area contributed by atoms with Crippen molar-refractivity contribution < 1.29 is 14.7 Å². The highest BCUT2D eigenvalue weighted by Gasteiger charge is 2.25. The highest BCUT2D eigenvalue weighted by molar-refractivity contribution is 5.74.